The van der Waals surface area contributed by atoms with Crippen molar-refractivity contribution in [3.05, 3.63) is 53.0 Å². The molecule has 0 bridgehead atoms. The van der Waals surface area contributed by atoms with Crippen LogP contribution >= 0.6 is 11.3 Å². The Hall–Kier alpha value is -2.93. The van der Waals surface area contributed by atoms with Gasteiger partial charge in [0.15, 0.2) is 0 Å². The molecule has 1 saturated heterocycles. The summed E-state index contributed by atoms with van der Waals surface area (Å²) in [7, 11) is 0. The highest BCUT2D eigenvalue weighted by Gasteiger charge is 2.30. The van der Waals surface area contributed by atoms with Gasteiger partial charge in [-0.2, -0.15) is 0 Å². The second-order valence-electron chi connectivity index (χ2n) is 6.65. The zero-order valence-corrected chi connectivity index (χ0v) is 16.0. The summed E-state index contributed by atoms with van der Waals surface area (Å²) >= 11 is 1.62. The lowest BCUT2D eigenvalue weighted by atomic mass is 10.2. The molecule has 0 aliphatic carbocycles. The van der Waals surface area contributed by atoms with Gasteiger partial charge >= 0.3 is 6.03 Å². The number of fused-ring (bicyclic) bond motifs is 1. The third kappa shape index (κ3) is 3.64. The molecule has 138 valence electrons. The molecule has 27 heavy (non-hydrogen) atoms. The van der Waals surface area contributed by atoms with Crippen LogP contribution in [0.4, 0.5) is 16.2 Å². The van der Waals surface area contributed by atoms with E-state index >= 15 is 0 Å². The highest BCUT2D eigenvalue weighted by molar-refractivity contribution is 7.18. The molecule has 0 radical (unpaired) electrons. The Morgan fingerprint density at radius 3 is 2.70 bits per heavy atom. The topological polar surface area (TPSA) is 65.5 Å². The first kappa shape index (κ1) is 17.5. The molecular weight excluding hydrogens is 360 g/mol. The van der Waals surface area contributed by atoms with Crippen LogP contribution in [0.2, 0.25) is 0 Å². The summed E-state index contributed by atoms with van der Waals surface area (Å²) in [5.74, 6) is -0.208. The number of anilines is 2. The van der Waals surface area contributed by atoms with Crippen LogP contribution in [0.15, 0.2) is 42.5 Å². The van der Waals surface area contributed by atoms with E-state index in [4.69, 9.17) is 0 Å². The molecular formula is C20H20N4O2S. The lowest BCUT2D eigenvalue weighted by molar-refractivity contribution is -0.116. The fourth-order valence-electron chi connectivity index (χ4n) is 3.19. The molecule has 6 nitrogen and oxygen atoms in total. The van der Waals surface area contributed by atoms with Gasteiger partial charge in [0.1, 0.15) is 6.54 Å². The van der Waals surface area contributed by atoms with Gasteiger partial charge in [0.05, 0.1) is 15.2 Å². The molecule has 3 amide bonds. The molecule has 2 heterocycles. The normalized spacial score (nSPS) is 14.2. The maximum atomic E-state index is 12.6. The first-order valence-electron chi connectivity index (χ1n) is 8.80. The number of hydrogen-bond donors (Lipinski definition) is 1. The second kappa shape index (κ2) is 7.00. The third-order valence-corrected chi connectivity index (χ3v) is 5.51. The van der Waals surface area contributed by atoms with Gasteiger partial charge < -0.3 is 10.2 Å². The molecule has 2 aromatic carbocycles. The molecule has 3 aromatic rings. The number of aromatic nitrogens is 1. The van der Waals surface area contributed by atoms with E-state index in [0.29, 0.717) is 18.8 Å². The maximum Gasteiger partial charge on any atom is 0.325 e. The Morgan fingerprint density at radius 1 is 1.15 bits per heavy atom. The van der Waals surface area contributed by atoms with Gasteiger partial charge in [-0.15, -0.1) is 11.3 Å². The van der Waals surface area contributed by atoms with Crippen molar-refractivity contribution in [2.24, 2.45) is 0 Å². The first-order valence-corrected chi connectivity index (χ1v) is 9.61. The predicted molar refractivity (Wildman–Crippen MR) is 108 cm³/mol. The molecule has 1 N–H and O–H groups in total. The highest BCUT2D eigenvalue weighted by atomic mass is 32.1. The van der Waals surface area contributed by atoms with E-state index in [1.165, 1.54) is 0 Å². The summed E-state index contributed by atoms with van der Waals surface area (Å²) in [5, 5.41) is 3.86. The number of benzene rings is 2. The van der Waals surface area contributed by atoms with Crippen LogP contribution in [0.1, 0.15) is 10.6 Å². The predicted octanol–water partition coefficient (Wildman–Crippen LogP) is 3.79. The number of nitrogens with zero attached hydrogens (tertiary/aromatic N) is 3. The summed E-state index contributed by atoms with van der Waals surface area (Å²) in [6.07, 6.45) is 0. The Bertz CT molecular complexity index is 1010. The lowest BCUT2D eigenvalue weighted by Crippen LogP contribution is -2.37. The zero-order valence-electron chi connectivity index (χ0n) is 15.2. The fraction of sp³-hybridized carbons (Fsp3) is 0.250. The van der Waals surface area contributed by atoms with E-state index < -0.39 is 0 Å². The molecule has 1 fully saturated rings. The van der Waals surface area contributed by atoms with Crippen LogP contribution in [0, 0.1) is 13.8 Å². The average Bonchev–Trinajstić information content (AvgIpc) is 3.17. The molecule has 0 unspecified atom stereocenters. The van der Waals surface area contributed by atoms with E-state index in [9.17, 15) is 9.59 Å². The Balaban J connectivity index is 1.40. The van der Waals surface area contributed by atoms with Crippen LogP contribution in [-0.2, 0) is 4.79 Å². The fourth-order valence-corrected chi connectivity index (χ4v) is 4.00. The van der Waals surface area contributed by atoms with E-state index in [0.717, 1.165) is 26.5 Å². The Labute approximate surface area is 161 Å². The maximum absolute atomic E-state index is 12.6. The van der Waals surface area contributed by atoms with Crippen LogP contribution in [-0.4, -0.2) is 41.5 Å². The molecule has 0 atom stereocenters. The molecule has 0 saturated carbocycles. The number of carbonyl (C=O) groups is 2. The minimum absolute atomic E-state index is 0.0370. The van der Waals surface area contributed by atoms with Crippen molar-refractivity contribution in [3.63, 3.8) is 0 Å². The smallest absolute Gasteiger partial charge is 0.324 e. The van der Waals surface area contributed by atoms with Gasteiger partial charge in [0, 0.05) is 24.5 Å². The van der Waals surface area contributed by atoms with Crippen molar-refractivity contribution in [2.75, 3.05) is 29.9 Å². The van der Waals surface area contributed by atoms with Crippen molar-refractivity contribution in [3.8, 4) is 0 Å². The highest BCUT2D eigenvalue weighted by Crippen LogP contribution is 2.25. The van der Waals surface area contributed by atoms with Crippen LogP contribution < -0.4 is 10.2 Å². The van der Waals surface area contributed by atoms with Gasteiger partial charge in [0.2, 0.25) is 5.91 Å². The molecule has 1 aliphatic rings. The van der Waals surface area contributed by atoms with Gasteiger partial charge in [-0.1, -0.05) is 17.7 Å². The number of nitrogens with one attached hydrogen (secondary N) is 1. The minimum Gasteiger partial charge on any atom is -0.324 e. The van der Waals surface area contributed by atoms with Crippen LogP contribution in [0.25, 0.3) is 10.2 Å². The second-order valence-corrected chi connectivity index (χ2v) is 7.89. The summed E-state index contributed by atoms with van der Waals surface area (Å²) in [6.45, 7) is 5.12. The van der Waals surface area contributed by atoms with Crippen LogP contribution in [0.5, 0.6) is 0 Å². The van der Waals surface area contributed by atoms with E-state index in [-0.39, 0.29) is 18.5 Å². The van der Waals surface area contributed by atoms with Gasteiger partial charge in [0.25, 0.3) is 0 Å². The number of rotatable bonds is 4. The molecule has 1 aromatic heterocycles. The summed E-state index contributed by atoms with van der Waals surface area (Å²) in [6, 6.07) is 13.4. The monoisotopic (exact) mass is 380 g/mol. The largest absolute Gasteiger partial charge is 0.325 e. The Kier molecular flexibility index (Phi) is 4.53. The lowest BCUT2D eigenvalue weighted by Gasteiger charge is -2.18. The molecule has 1 aliphatic heterocycles. The summed E-state index contributed by atoms with van der Waals surface area (Å²) in [5.41, 5.74) is 3.57. The van der Waals surface area contributed by atoms with E-state index in [2.05, 4.69) is 10.3 Å². The van der Waals surface area contributed by atoms with Crippen molar-refractivity contribution < 1.29 is 9.59 Å². The number of hydrogen-bond acceptors (Lipinski definition) is 4. The molecule has 4 rings (SSSR count). The van der Waals surface area contributed by atoms with Crippen LogP contribution in [0.3, 0.4) is 0 Å². The van der Waals surface area contributed by atoms with Crippen molar-refractivity contribution in [1.82, 2.24) is 9.88 Å². The molecule has 0 spiro atoms. The number of carbonyl (C=O) groups excluding carboxylic acids is 2. The van der Waals surface area contributed by atoms with Gasteiger partial charge in [-0.3, -0.25) is 9.69 Å². The number of amides is 3. The first-order chi connectivity index (χ1) is 13.0. The average molecular weight is 380 g/mol. The van der Waals surface area contributed by atoms with Crippen molar-refractivity contribution >= 4 is 44.9 Å². The van der Waals surface area contributed by atoms with Gasteiger partial charge in [-0.25, -0.2) is 9.78 Å². The van der Waals surface area contributed by atoms with Crippen molar-refractivity contribution in [2.45, 2.75) is 13.8 Å². The quantitative estimate of drug-likeness (QED) is 0.749. The minimum atomic E-state index is -0.208. The van der Waals surface area contributed by atoms with Gasteiger partial charge in [-0.05, 0) is 44.2 Å². The zero-order chi connectivity index (χ0) is 19.0. The third-order valence-electron chi connectivity index (χ3n) is 4.55. The van der Waals surface area contributed by atoms with Crippen molar-refractivity contribution in [1.29, 1.82) is 0 Å². The number of aryl methyl sites for hydroxylation is 2. The molecule has 7 heteroatoms. The van der Waals surface area contributed by atoms with E-state index in [1.807, 2.05) is 56.3 Å². The Morgan fingerprint density at radius 2 is 1.93 bits per heavy atom. The number of urea groups is 1. The summed E-state index contributed by atoms with van der Waals surface area (Å²) < 4.78 is 1.09. The standard InChI is InChI=1S/C20H20N4O2S/c1-13-3-6-16(7-4-13)24-10-9-23(20(24)26)12-19(25)22-15-5-8-18-17(11-15)21-14(2)27-18/h3-8,11H,9-10,12H2,1-2H3,(H,22,25). The SMILES string of the molecule is Cc1ccc(N2CCN(CC(=O)Nc3ccc4sc(C)nc4c3)C2=O)cc1. The summed E-state index contributed by atoms with van der Waals surface area (Å²) in [4.78, 5) is 32.7. The number of thiazole rings is 1. The van der Waals surface area contributed by atoms with E-state index in [1.54, 1.807) is 21.1 Å².